The van der Waals surface area contributed by atoms with Crippen LogP contribution in [0.2, 0.25) is 0 Å². The maximum absolute atomic E-state index is 5.99. The van der Waals surface area contributed by atoms with Crippen molar-refractivity contribution < 1.29 is 0 Å². The van der Waals surface area contributed by atoms with Crippen LogP contribution in [-0.2, 0) is 0 Å². The molecular formula is C10H17Cl. The molecule has 0 aromatic heterocycles. The number of halogens is 1. The van der Waals surface area contributed by atoms with Crippen LogP contribution in [0.5, 0.6) is 0 Å². The molecule has 2 fully saturated rings. The van der Waals surface area contributed by atoms with Gasteiger partial charge in [0.05, 0.1) is 0 Å². The summed E-state index contributed by atoms with van der Waals surface area (Å²) >= 11 is 5.99. The highest BCUT2D eigenvalue weighted by Crippen LogP contribution is 2.59. The smallest absolute Gasteiger partial charge is 0.0259 e. The van der Waals surface area contributed by atoms with Crippen LogP contribution in [0.4, 0.5) is 0 Å². The zero-order chi connectivity index (χ0) is 8.06. The van der Waals surface area contributed by atoms with Crippen LogP contribution in [0.15, 0.2) is 0 Å². The molecule has 2 aliphatic rings. The van der Waals surface area contributed by atoms with Gasteiger partial charge in [0, 0.05) is 5.88 Å². The average Bonchev–Trinajstić information content (AvgIpc) is 2.44. The van der Waals surface area contributed by atoms with Gasteiger partial charge < -0.3 is 0 Å². The van der Waals surface area contributed by atoms with Gasteiger partial charge in [-0.25, -0.2) is 0 Å². The van der Waals surface area contributed by atoms with Crippen molar-refractivity contribution in [2.24, 2.45) is 23.2 Å². The highest BCUT2D eigenvalue weighted by atomic mass is 35.5. The summed E-state index contributed by atoms with van der Waals surface area (Å²) in [6.45, 7) is 4.81. The topological polar surface area (TPSA) is 0 Å². The molecule has 0 aliphatic heterocycles. The van der Waals surface area contributed by atoms with Crippen LogP contribution in [0.25, 0.3) is 0 Å². The largest absolute Gasteiger partial charge is 0.126 e. The minimum atomic E-state index is 0.546. The minimum Gasteiger partial charge on any atom is -0.126 e. The van der Waals surface area contributed by atoms with E-state index in [1.165, 1.54) is 19.3 Å². The Balaban J connectivity index is 2.21. The predicted octanol–water partition coefficient (Wildman–Crippen LogP) is 3.30. The van der Waals surface area contributed by atoms with Crippen molar-refractivity contribution in [1.29, 1.82) is 0 Å². The van der Waals surface area contributed by atoms with Gasteiger partial charge in [0.2, 0.25) is 0 Å². The fourth-order valence-corrected chi connectivity index (χ4v) is 3.94. The third-order valence-corrected chi connectivity index (χ3v) is 4.55. The molecule has 3 atom stereocenters. The van der Waals surface area contributed by atoms with Gasteiger partial charge in [0.1, 0.15) is 0 Å². The van der Waals surface area contributed by atoms with Gasteiger partial charge in [0.15, 0.2) is 0 Å². The van der Waals surface area contributed by atoms with E-state index in [4.69, 9.17) is 11.6 Å². The summed E-state index contributed by atoms with van der Waals surface area (Å²) in [7, 11) is 0. The van der Waals surface area contributed by atoms with Crippen molar-refractivity contribution in [1.82, 2.24) is 0 Å². The molecule has 2 bridgehead atoms. The Kier molecular flexibility index (Phi) is 1.72. The molecule has 0 saturated heterocycles. The summed E-state index contributed by atoms with van der Waals surface area (Å²) in [5, 5.41) is 0. The molecule has 0 N–H and O–H groups in total. The first-order chi connectivity index (χ1) is 5.16. The Morgan fingerprint density at radius 1 is 1.36 bits per heavy atom. The van der Waals surface area contributed by atoms with Gasteiger partial charge in [0.25, 0.3) is 0 Å². The standard InChI is InChI=1S/C10H17Cl/c1-10(2)8-4-3-7(5-8)9(10)6-11/h7-9H,3-6H2,1-2H3/t7?,8-,9-/m1/s1. The normalized spacial score (nSPS) is 46.6. The summed E-state index contributed by atoms with van der Waals surface area (Å²) in [5.41, 5.74) is 0.546. The van der Waals surface area contributed by atoms with Crippen LogP contribution in [-0.4, -0.2) is 5.88 Å². The molecule has 0 aromatic carbocycles. The Bertz CT molecular complexity index is 162. The van der Waals surface area contributed by atoms with Gasteiger partial charge >= 0.3 is 0 Å². The third-order valence-electron chi connectivity index (χ3n) is 4.22. The maximum Gasteiger partial charge on any atom is 0.0259 e. The SMILES string of the molecule is CC1(C)[C@@H]2CCC(C2)[C@H]1CCl. The second-order valence-corrected chi connectivity index (χ2v) is 5.16. The molecule has 64 valence electrons. The summed E-state index contributed by atoms with van der Waals surface area (Å²) in [5.74, 6) is 3.64. The third kappa shape index (κ3) is 0.950. The number of hydrogen-bond donors (Lipinski definition) is 0. The van der Waals surface area contributed by atoms with Crippen LogP contribution < -0.4 is 0 Å². The first kappa shape index (κ1) is 7.91. The van der Waals surface area contributed by atoms with Crippen molar-refractivity contribution in [3.8, 4) is 0 Å². The highest BCUT2D eigenvalue weighted by molar-refractivity contribution is 6.18. The molecule has 2 aliphatic carbocycles. The zero-order valence-electron chi connectivity index (χ0n) is 7.44. The number of alkyl halides is 1. The summed E-state index contributed by atoms with van der Waals surface area (Å²) in [6, 6.07) is 0. The van der Waals surface area contributed by atoms with Crippen molar-refractivity contribution >= 4 is 11.6 Å². The Morgan fingerprint density at radius 3 is 2.45 bits per heavy atom. The maximum atomic E-state index is 5.99. The molecule has 2 saturated carbocycles. The van der Waals surface area contributed by atoms with Crippen molar-refractivity contribution in [2.45, 2.75) is 33.1 Å². The van der Waals surface area contributed by atoms with Gasteiger partial charge in [-0.05, 0) is 42.4 Å². The lowest BCUT2D eigenvalue weighted by Crippen LogP contribution is -2.31. The van der Waals surface area contributed by atoms with Gasteiger partial charge in [-0.15, -0.1) is 11.6 Å². The predicted molar refractivity (Wildman–Crippen MR) is 48.8 cm³/mol. The molecule has 2 rings (SSSR count). The Labute approximate surface area is 74.3 Å². The van der Waals surface area contributed by atoms with Crippen LogP contribution in [0.1, 0.15) is 33.1 Å². The summed E-state index contributed by atoms with van der Waals surface area (Å²) in [4.78, 5) is 0. The molecule has 0 aromatic rings. The molecule has 1 unspecified atom stereocenters. The molecule has 11 heavy (non-hydrogen) atoms. The van der Waals surface area contributed by atoms with E-state index < -0.39 is 0 Å². The Hall–Kier alpha value is 0.290. The summed E-state index contributed by atoms with van der Waals surface area (Å²) < 4.78 is 0. The van der Waals surface area contributed by atoms with Crippen molar-refractivity contribution in [3.63, 3.8) is 0 Å². The molecule has 0 heterocycles. The lowest BCUT2D eigenvalue weighted by Gasteiger charge is -2.37. The second-order valence-electron chi connectivity index (χ2n) is 4.85. The number of rotatable bonds is 1. The zero-order valence-corrected chi connectivity index (χ0v) is 8.19. The van der Waals surface area contributed by atoms with E-state index in [9.17, 15) is 0 Å². The molecule has 0 spiro atoms. The van der Waals surface area contributed by atoms with Gasteiger partial charge in [-0.2, -0.15) is 0 Å². The fourth-order valence-electron chi connectivity index (χ4n) is 3.29. The lowest BCUT2D eigenvalue weighted by atomic mass is 9.69. The molecule has 0 amide bonds. The number of hydrogen-bond acceptors (Lipinski definition) is 0. The first-order valence-corrected chi connectivity index (χ1v) is 5.25. The molecule has 0 nitrogen and oxygen atoms in total. The van der Waals surface area contributed by atoms with E-state index in [1.54, 1.807) is 0 Å². The monoisotopic (exact) mass is 172 g/mol. The van der Waals surface area contributed by atoms with Crippen LogP contribution >= 0.6 is 11.6 Å². The van der Waals surface area contributed by atoms with Crippen molar-refractivity contribution in [3.05, 3.63) is 0 Å². The molecule has 0 radical (unpaired) electrons. The second kappa shape index (κ2) is 2.39. The van der Waals surface area contributed by atoms with Crippen LogP contribution in [0.3, 0.4) is 0 Å². The highest BCUT2D eigenvalue weighted by Gasteiger charge is 2.51. The minimum absolute atomic E-state index is 0.546. The van der Waals surface area contributed by atoms with E-state index >= 15 is 0 Å². The Morgan fingerprint density at radius 2 is 2.09 bits per heavy atom. The van der Waals surface area contributed by atoms with Crippen LogP contribution in [0, 0.1) is 23.2 Å². The molecule has 1 heteroatoms. The van der Waals surface area contributed by atoms with E-state index in [2.05, 4.69) is 13.8 Å². The lowest BCUT2D eigenvalue weighted by molar-refractivity contribution is 0.140. The van der Waals surface area contributed by atoms with E-state index in [-0.39, 0.29) is 0 Å². The quantitative estimate of drug-likeness (QED) is 0.533. The molecular weight excluding hydrogens is 156 g/mol. The van der Waals surface area contributed by atoms with Gasteiger partial charge in [-0.1, -0.05) is 13.8 Å². The summed E-state index contributed by atoms with van der Waals surface area (Å²) in [6.07, 6.45) is 4.38. The fraction of sp³-hybridized carbons (Fsp3) is 1.00. The number of fused-ring (bicyclic) bond motifs is 2. The van der Waals surface area contributed by atoms with Crippen molar-refractivity contribution in [2.75, 3.05) is 5.88 Å². The van der Waals surface area contributed by atoms with Gasteiger partial charge in [-0.3, -0.25) is 0 Å². The van der Waals surface area contributed by atoms with E-state index in [0.717, 1.165) is 23.6 Å². The van der Waals surface area contributed by atoms with E-state index in [0.29, 0.717) is 5.41 Å². The average molecular weight is 173 g/mol. The van der Waals surface area contributed by atoms with E-state index in [1.807, 2.05) is 0 Å². The first-order valence-electron chi connectivity index (χ1n) is 4.72.